The van der Waals surface area contributed by atoms with Gasteiger partial charge in [0.15, 0.2) is 0 Å². The summed E-state index contributed by atoms with van der Waals surface area (Å²) in [5.74, 6) is 0. The van der Waals surface area contributed by atoms with Gasteiger partial charge in [-0.25, -0.2) is 0 Å². The summed E-state index contributed by atoms with van der Waals surface area (Å²) in [5, 5.41) is 7.34. The minimum Gasteiger partial charge on any atom is -0.307 e. The Morgan fingerprint density at radius 1 is 0.276 bits per heavy atom. The molecule has 0 aliphatic rings. The van der Waals surface area contributed by atoms with Crippen LogP contribution in [0.5, 0.6) is 0 Å². The largest absolute Gasteiger partial charge is 0.307 e. The first-order chi connectivity index (χ1) is 28.8. The fourth-order valence-electron chi connectivity index (χ4n) is 9.07. The zero-order valence-electron chi connectivity index (χ0n) is 31.8. The van der Waals surface area contributed by atoms with Crippen LogP contribution in [0.1, 0.15) is 0 Å². The molecule has 0 amide bonds. The Kier molecular flexibility index (Phi) is 8.19. The standard InChI is InChI=1S/C56H38N2/c1-2-20-39(21-3-1)41-23-6-7-25-43(41)45-27-8-9-28-46(45)47-29-12-15-33-51(47)58(56-38-40-22-4-5-24-42(40)44-26-10-11-30-48(44)56)55-37-19-18-36-54(55)57-52-34-16-13-31-49(52)50-32-14-17-35-53(50)57/h1-38H. The number of aromatic nitrogens is 1. The quantitative estimate of drug-likeness (QED) is 0.148. The molecule has 58 heavy (non-hydrogen) atoms. The summed E-state index contributed by atoms with van der Waals surface area (Å²) in [5.41, 5.74) is 13.9. The van der Waals surface area contributed by atoms with Crippen LogP contribution in [0.4, 0.5) is 17.1 Å². The molecule has 0 atom stereocenters. The zero-order valence-corrected chi connectivity index (χ0v) is 31.8. The maximum Gasteiger partial charge on any atom is 0.0702 e. The molecule has 0 aliphatic heterocycles. The summed E-state index contributed by atoms with van der Waals surface area (Å²) in [6.07, 6.45) is 0. The van der Waals surface area contributed by atoms with Gasteiger partial charge < -0.3 is 9.47 Å². The van der Waals surface area contributed by atoms with Crippen molar-refractivity contribution in [1.82, 2.24) is 4.57 Å². The van der Waals surface area contributed by atoms with Crippen LogP contribution in [0.15, 0.2) is 231 Å². The average Bonchev–Trinajstić information content (AvgIpc) is 3.64. The Morgan fingerprint density at radius 3 is 1.41 bits per heavy atom. The normalized spacial score (nSPS) is 11.4. The van der Waals surface area contributed by atoms with Gasteiger partial charge in [-0.1, -0.05) is 194 Å². The smallest absolute Gasteiger partial charge is 0.0702 e. The fourth-order valence-corrected chi connectivity index (χ4v) is 9.07. The van der Waals surface area contributed by atoms with Crippen LogP contribution in [0, 0.1) is 0 Å². The van der Waals surface area contributed by atoms with Gasteiger partial charge in [-0.05, 0) is 80.4 Å². The number of benzene rings is 10. The molecule has 1 aromatic heterocycles. The Hall–Kier alpha value is -7.68. The molecule has 2 heteroatoms. The highest BCUT2D eigenvalue weighted by Gasteiger charge is 2.25. The van der Waals surface area contributed by atoms with Crippen LogP contribution in [0.2, 0.25) is 0 Å². The van der Waals surface area contributed by atoms with E-state index in [9.17, 15) is 0 Å². The van der Waals surface area contributed by atoms with E-state index in [1.54, 1.807) is 0 Å². The van der Waals surface area contributed by atoms with Crippen molar-refractivity contribution >= 4 is 60.4 Å². The first-order valence-electron chi connectivity index (χ1n) is 19.9. The number of para-hydroxylation sites is 5. The summed E-state index contributed by atoms with van der Waals surface area (Å²) in [7, 11) is 0. The van der Waals surface area contributed by atoms with E-state index in [4.69, 9.17) is 0 Å². The van der Waals surface area contributed by atoms with Crippen LogP contribution in [-0.4, -0.2) is 4.57 Å². The maximum absolute atomic E-state index is 2.52. The van der Waals surface area contributed by atoms with Crippen molar-refractivity contribution in [2.75, 3.05) is 4.90 Å². The second-order valence-electron chi connectivity index (χ2n) is 14.8. The Balaban J connectivity index is 1.23. The first kappa shape index (κ1) is 33.6. The van der Waals surface area contributed by atoms with Crippen LogP contribution in [-0.2, 0) is 0 Å². The second-order valence-corrected chi connectivity index (χ2v) is 14.8. The van der Waals surface area contributed by atoms with E-state index in [2.05, 4.69) is 240 Å². The highest BCUT2D eigenvalue weighted by Crippen LogP contribution is 2.49. The molecule has 11 aromatic rings. The third-order valence-electron chi connectivity index (χ3n) is 11.6. The Morgan fingerprint density at radius 2 is 0.724 bits per heavy atom. The van der Waals surface area contributed by atoms with E-state index in [1.165, 1.54) is 71.2 Å². The predicted octanol–water partition coefficient (Wildman–Crippen LogP) is 15.6. The molecule has 0 saturated carbocycles. The minimum absolute atomic E-state index is 1.09. The number of nitrogens with zero attached hydrogens (tertiary/aromatic N) is 2. The number of fused-ring (bicyclic) bond motifs is 6. The molecular weight excluding hydrogens is 701 g/mol. The molecule has 1 heterocycles. The van der Waals surface area contributed by atoms with E-state index in [0.717, 1.165) is 28.3 Å². The lowest BCUT2D eigenvalue weighted by Gasteiger charge is -2.32. The van der Waals surface area contributed by atoms with Gasteiger partial charge in [0.2, 0.25) is 0 Å². The van der Waals surface area contributed by atoms with Gasteiger partial charge in [0.05, 0.1) is 33.8 Å². The molecular formula is C56H38N2. The molecule has 0 spiro atoms. The number of rotatable bonds is 7. The summed E-state index contributed by atoms with van der Waals surface area (Å²) in [4.78, 5) is 2.52. The van der Waals surface area contributed by atoms with Gasteiger partial charge in [-0.2, -0.15) is 0 Å². The van der Waals surface area contributed by atoms with Gasteiger partial charge in [-0.3, -0.25) is 0 Å². The third-order valence-corrected chi connectivity index (χ3v) is 11.6. The predicted molar refractivity (Wildman–Crippen MR) is 247 cm³/mol. The molecule has 0 N–H and O–H groups in total. The highest BCUT2D eigenvalue weighted by molar-refractivity contribution is 6.16. The topological polar surface area (TPSA) is 8.17 Å². The summed E-state index contributed by atoms with van der Waals surface area (Å²) in [6, 6.07) is 83.8. The molecule has 2 nitrogen and oxygen atoms in total. The molecule has 0 unspecified atom stereocenters. The van der Waals surface area contributed by atoms with Crippen LogP contribution in [0.3, 0.4) is 0 Å². The molecule has 272 valence electrons. The van der Waals surface area contributed by atoms with E-state index in [0.29, 0.717) is 0 Å². The van der Waals surface area contributed by atoms with Crippen molar-refractivity contribution in [2.24, 2.45) is 0 Å². The monoisotopic (exact) mass is 738 g/mol. The van der Waals surface area contributed by atoms with E-state index >= 15 is 0 Å². The van der Waals surface area contributed by atoms with Crippen LogP contribution in [0.25, 0.3) is 82.4 Å². The average molecular weight is 739 g/mol. The van der Waals surface area contributed by atoms with Gasteiger partial charge >= 0.3 is 0 Å². The molecule has 10 aromatic carbocycles. The fraction of sp³-hybridized carbons (Fsp3) is 0. The number of hydrogen-bond donors (Lipinski definition) is 0. The summed E-state index contributed by atoms with van der Waals surface area (Å²) >= 11 is 0. The van der Waals surface area contributed by atoms with Gasteiger partial charge in [0.1, 0.15) is 0 Å². The molecule has 0 fully saturated rings. The van der Waals surface area contributed by atoms with Crippen molar-refractivity contribution in [2.45, 2.75) is 0 Å². The van der Waals surface area contributed by atoms with Gasteiger partial charge in [0.25, 0.3) is 0 Å². The maximum atomic E-state index is 2.52. The third kappa shape index (κ3) is 5.50. The molecule has 0 bridgehead atoms. The lowest BCUT2D eigenvalue weighted by molar-refractivity contribution is 1.15. The van der Waals surface area contributed by atoms with Crippen molar-refractivity contribution in [1.29, 1.82) is 0 Å². The minimum atomic E-state index is 1.09. The molecule has 11 rings (SSSR count). The van der Waals surface area contributed by atoms with Crippen molar-refractivity contribution in [3.8, 4) is 39.1 Å². The second kappa shape index (κ2) is 14.1. The van der Waals surface area contributed by atoms with E-state index < -0.39 is 0 Å². The molecule has 0 aliphatic carbocycles. The van der Waals surface area contributed by atoms with Crippen LogP contribution < -0.4 is 4.90 Å². The zero-order chi connectivity index (χ0) is 38.4. The van der Waals surface area contributed by atoms with Crippen molar-refractivity contribution in [3.63, 3.8) is 0 Å². The molecule has 0 saturated heterocycles. The lowest BCUT2D eigenvalue weighted by atomic mass is 9.88. The Bertz CT molecular complexity index is 3250. The van der Waals surface area contributed by atoms with Crippen molar-refractivity contribution in [3.05, 3.63) is 231 Å². The highest BCUT2D eigenvalue weighted by atomic mass is 15.2. The van der Waals surface area contributed by atoms with Crippen molar-refractivity contribution < 1.29 is 0 Å². The van der Waals surface area contributed by atoms with E-state index in [1.807, 2.05) is 0 Å². The number of hydrogen-bond acceptors (Lipinski definition) is 1. The van der Waals surface area contributed by atoms with Gasteiger partial charge in [-0.15, -0.1) is 0 Å². The lowest BCUT2D eigenvalue weighted by Crippen LogP contribution is -2.15. The summed E-state index contributed by atoms with van der Waals surface area (Å²) in [6.45, 7) is 0. The first-order valence-corrected chi connectivity index (χ1v) is 19.9. The van der Waals surface area contributed by atoms with Gasteiger partial charge in [0, 0.05) is 21.7 Å². The Labute approximate surface area is 338 Å². The summed E-state index contributed by atoms with van der Waals surface area (Å²) < 4.78 is 2.45. The SMILES string of the molecule is c1ccc(-c2ccccc2-c2ccccc2-c2ccccc2N(c2ccccc2-n2c3ccccc3c3ccccc32)c2cc3ccccc3c3ccccc23)cc1. The molecule has 0 radical (unpaired) electrons. The van der Waals surface area contributed by atoms with E-state index in [-0.39, 0.29) is 0 Å². The van der Waals surface area contributed by atoms with Crippen LogP contribution >= 0.6 is 0 Å². The number of anilines is 3.